The first-order valence-electron chi connectivity index (χ1n) is 11.9. The van der Waals surface area contributed by atoms with E-state index in [2.05, 4.69) is 5.32 Å². The van der Waals surface area contributed by atoms with E-state index in [0.29, 0.717) is 31.9 Å². The Kier molecular flexibility index (Phi) is 6.49. The molecule has 0 bridgehead atoms. The molecule has 2 saturated heterocycles. The van der Waals surface area contributed by atoms with Gasteiger partial charge < -0.3 is 14.4 Å². The van der Waals surface area contributed by atoms with Crippen LogP contribution in [0.3, 0.4) is 0 Å². The van der Waals surface area contributed by atoms with Crippen LogP contribution in [-0.2, 0) is 9.59 Å². The summed E-state index contributed by atoms with van der Waals surface area (Å²) in [5.41, 5.74) is 0.217. The molecule has 1 atom stereocenters. The summed E-state index contributed by atoms with van der Waals surface area (Å²) in [5.74, 6) is -1.50. The molecular weight excluding hydrogens is 500 g/mol. The van der Waals surface area contributed by atoms with Crippen LogP contribution >= 0.6 is 0 Å². The number of nitrogens with one attached hydrogen (secondary N) is 1. The molecule has 3 heterocycles. The number of non-ortho nitro benzene ring substituents is 1. The quantitative estimate of drug-likeness (QED) is 0.325. The van der Waals surface area contributed by atoms with Gasteiger partial charge in [-0.15, -0.1) is 0 Å². The van der Waals surface area contributed by atoms with Crippen LogP contribution in [0.2, 0.25) is 0 Å². The van der Waals surface area contributed by atoms with Crippen LogP contribution in [0.15, 0.2) is 42.5 Å². The monoisotopic (exact) mass is 522 g/mol. The highest BCUT2D eigenvalue weighted by molar-refractivity contribution is 6.23. The topological polar surface area (TPSA) is 165 Å². The zero-order valence-corrected chi connectivity index (χ0v) is 20.0. The highest BCUT2D eigenvalue weighted by Gasteiger charge is 2.44. The second-order valence-corrected chi connectivity index (χ2v) is 9.18. The van der Waals surface area contributed by atoms with Crippen LogP contribution in [-0.4, -0.2) is 70.2 Å². The standard InChI is InChI=1S/C25H22N4O9/c30-21-8-7-20(22(31)26-21)28-23(32)18-6-5-17(11-19(18)24(28)33)37-10-9-14-12-27(13-14)25(34)38-16-3-1-15(2-4-16)29(35)36/h1-6,11,14,20H,7-10,12-13H2,(H,26,30,31). The molecule has 0 aliphatic carbocycles. The van der Waals surface area contributed by atoms with Crippen molar-refractivity contribution in [2.45, 2.75) is 25.3 Å². The number of carbonyl (C=O) groups excluding carboxylic acids is 5. The zero-order valence-electron chi connectivity index (χ0n) is 20.0. The van der Waals surface area contributed by atoms with Crippen molar-refractivity contribution in [3.63, 3.8) is 0 Å². The Morgan fingerprint density at radius 1 is 1.00 bits per heavy atom. The molecule has 3 aliphatic rings. The van der Waals surface area contributed by atoms with Crippen molar-refractivity contribution in [1.29, 1.82) is 0 Å². The van der Waals surface area contributed by atoms with Gasteiger partial charge in [0.2, 0.25) is 11.8 Å². The summed E-state index contributed by atoms with van der Waals surface area (Å²) in [7, 11) is 0. The molecule has 0 aromatic heterocycles. The van der Waals surface area contributed by atoms with Crippen LogP contribution in [0.25, 0.3) is 0 Å². The van der Waals surface area contributed by atoms with E-state index in [9.17, 15) is 34.1 Å². The average molecular weight is 522 g/mol. The van der Waals surface area contributed by atoms with Gasteiger partial charge in [-0.3, -0.25) is 39.5 Å². The fourth-order valence-electron chi connectivity index (χ4n) is 4.59. The van der Waals surface area contributed by atoms with E-state index in [1.54, 1.807) is 6.07 Å². The molecule has 3 aliphatic heterocycles. The highest BCUT2D eigenvalue weighted by Crippen LogP contribution is 2.30. The third kappa shape index (κ3) is 4.77. The summed E-state index contributed by atoms with van der Waals surface area (Å²) < 4.78 is 11.0. The third-order valence-electron chi connectivity index (χ3n) is 6.67. The molecule has 38 heavy (non-hydrogen) atoms. The Morgan fingerprint density at radius 2 is 1.68 bits per heavy atom. The van der Waals surface area contributed by atoms with E-state index in [4.69, 9.17) is 9.47 Å². The number of piperidine rings is 1. The van der Waals surface area contributed by atoms with Gasteiger partial charge in [-0.05, 0) is 49.1 Å². The molecule has 1 unspecified atom stereocenters. The summed E-state index contributed by atoms with van der Waals surface area (Å²) in [4.78, 5) is 74.1. The number of ether oxygens (including phenoxy) is 2. The largest absolute Gasteiger partial charge is 0.494 e. The number of carbonyl (C=O) groups is 5. The van der Waals surface area contributed by atoms with E-state index < -0.39 is 40.7 Å². The lowest BCUT2D eigenvalue weighted by Crippen LogP contribution is -2.54. The van der Waals surface area contributed by atoms with Gasteiger partial charge in [-0.25, -0.2) is 4.79 Å². The average Bonchev–Trinajstić information content (AvgIpc) is 3.10. The van der Waals surface area contributed by atoms with Gasteiger partial charge in [0.25, 0.3) is 17.5 Å². The summed E-state index contributed by atoms with van der Waals surface area (Å²) >= 11 is 0. The first kappa shape index (κ1) is 24.9. The number of amides is 5. The lowest BCUT2D eigenvalue weighted by molar-refractivity contribution is -0.384. The minimum atomic E-state index is -1.03. The Hall–Kier alpha value is -4.81. The van der Waals surface area contributed by atoms with E-state index in [0.717, 1.165) is 4.90 Å². The molecule has 2 fully saturated rings. The number of rotatable bonds is 7. The number of nitro benzene ring substituents is 1. The highest BCUT2D eigenvalue weighted by atomic mass is 16.6. The molecule has 13 nitrogen and oxygen atoms in total. The van der Waals surface area contributed by atoms with Crippen molar-refractivity contribution >= 4 is 35.4 Å². The number of hydrogen-bond acceptors (Lipinski definition) is 9. The Bertz CT molecular complexity index is 1350. The lowest BCUT2D eigenvalue weighted by atomic mass is 9.97. The van der Waals surface area contributed by atoms with Crippen LogP contribution in [0, 0.1) is 16.0 Å². The molecule has 0 radical (unpaired) electrons. The van der Waals surface area contributed by atoms with E-state index in [1.807, 2.05) is 0 Å². The minimum Gasteiger partial charge on any atom is -0.494 e. The number of likely N-dealkylation sites (tertiary alicyclic amines) is 1. The normalized spacial score (nSPS) is 19.1. The minimum absolute atomic E-state index is 0.0472. The Morgan fingerprint density at radius 3 is 2.37 bits per heavy atom. The maximum atomic E-state index is 12.9. The predicted octanol–water partition coefficient (Wildman–Crippen LogP) is 1.90. The lowest BCUT2D eigenvalue weighted by Gasteiger charge is -2.38. The van der Waals surface area contributed by atoms with Crippen LogP contribution in [0.5, 0.6) is 11.5 Å². The first-order valence-corrected chi connectivity index (χ1v) is 11.9. The maximum Gasteiger partial charge on any atom is 0.415 e. The first-order chi connectivity index (χ1) is 18.2. The van der Waals surface area contributed by atoms with Gasteiger partial charge in [0.15, 0.2) is 0 Å². The second kappa shape index (κ2) is 9.92. The Labute approximate surface area is 215 Å². The van der Waals surface area contributed by atoms with Crippen molar-refractivity contribution in [1.82, 2.24) is 15.1 Å². The number of imide groups is 2. The van der Waals surface area contributed by atoms with Gasteiger partial charge in [-0.2, -0.15) is 0 Å². The molecule has 2 aromatic rings. The van der Waals surface area contributed by atoms with Gasteiger partial charge in [0.1, 0.15) is 17.5 Å². The van der Waals surface area contributed by atoms with E-state index in [1.165, 1.54) is 41.3 Å². The van der Waals surface area contributed by atoms with Gasteiger partial charge in [0, 0.05) is 31.6 Å². The number of fused-ring (bicyclic) bond motifs is 1. The molecular formula is C25H22N4O9. The number of nitro groups is 1. The molecule has 0 spiro atoms. The van der Waals surface area contributed by atoms with E-state index >= 15 is 0 Å². The molecule has 196 valence electrons. The van der Waals surface area contributed by atoms with E-state index in [-0.39, 0.29) is 41.3 Å². The number of benzene rings is 2. The SMILES string of the molecule is O=C1CCC(N2C(=O)c3ccc(OCCC4CN(C(=O)Oc5ccc([N+](=O)[O-])cc5)C4)cc3C2=O)C(=O)N1. The summed E-state index contributed by atoms with van der Waals surface area (Å²) in [6.45, 7) is 1.24. The van der Waals surface area contributed by atoms with Crippen molar-refractivity contribution in [2.24, 2.45) is 5.92 Å². The predicted molar refractivity (Wildman–Crippen MR) is 127 cm³/mol. The zero-order chi connectivity index (χ0) is 27.0. The van der Waals surface area contributed by atoms with Gasteiger partial charge >= 0.3 is 6.09 Å². The van der Waals surface area contributed by atoms with Crippen LogP contribution in [0.4, 0.5) is 10.5 Å². The van der Waals surface area contributed by atoms with Gasteiger partial charge in [-0.1, -0.05) is 0 Å². The maximum absolute atomic E-state index is 12.9. The van der Waals surface area contributed by atoms with Crippen molar-refractivity contribution in [3.05, 3.63) is 63.7 Å². The number of nitrogens with zero attached hydrogens (tertiary/aromatic N) is 3. The third-order valence-corrected chi connectivity index (χ3v) is 6.67. The van der Waals surface area contributed by atoms with Crippen molar-refractivity contribution < 1.29 is 38.4 Å². The van der Waals surface area contributed by atoms with Crippen LogP contribution in [0.1, 0.15) is 40.0 Å². The second-order valence-electron chi connectivity index (χ2n) is 9.18. The smallest absolute Gasteiger partial charge is 0.415 e. The molecule has 13 heteroatoms. The molecule has 1 N–H and O–H groups in total. The molecule has 0 saturated carbocycles. The summed E-state index contributed by atoms with van der Waals surface area (Å²) in [5, 5.41) is 12.9. The fraction of sp³-hybridized carbons (Fsp3) is 0.320. The van der Waals surface area contributed by atoms with Crippen LogP contribution < -0.4 is 14.8 Å². The number of hydrogen-bond donors (Lipinski definition) is 1. The summed E-state index contributed by atoms with van der Waals surface area (Å²) in [6.07, 6.45) is 0.219. The molecule has 2 aromatic carbocycles. The Balaban J connectivity index is 1.09. The summed E-state index contributed by atoms with van der Waals surface area (Å²) in [6, 6.07) is 8.73. The van der Waals surface area contributed by atoms with Gasteiger partial charge in [0.05, 0.1) is 22.7 Å². The van der Waals surface area contributed by atoms with Crippen molar-refractivity contribution in [3.8, 4) is 11.5 Å². The van der Waals surface area contributed by atoms with Crippen molar-refractivity contribution in [2.75, 3.05) is 19.7 Å². The fourth-order valence-corrected chi connectivity index (χ4v) is 4.59. The molecule has 5 rings (SSSR count). The molecule has 5 amide bonds.